The first-order valence-corrected chi connectivity index (χ1v) is 7.23. The largest absolute Gasteiger partial charge is 0.538 e. The number of aromatic nitrogens is 2. The first kappa shape index (κ1) is 16.1. The first-order valence-electron chi connectivity index (χ1n) is 5.87. The topological polar surface area (TPSA) is 119 Å². The van der Waals surface area contributed by atoms with E-state index in [9.17, 15) is 14.7 Å². The Bertz CT molecular complexity index is 714. The minimum absolute atomic E-state index is 0.0602. The van der Waals surface area contributed by atoms with Crippen molar-refractivity contribution in [3.05, 3.63) is 28.8 Å². The van der Waals surface area contributed by atoms with Crippen LogP contribution in [0.25, 0.3) is 0 Å². The fraction of sp³-hybridized carbons (Fsp3) is 0.167. The third-order valence-electron chi connectivity index (χ3n) is 2.54. The van der Waals surface area contributed by atoms with Gasteiger partial charge in [0.2, 0.25) is 5.91 Å². The van der Waals surface area contributed by atoms with E-state index in [0.29, 0.717) is 5.69 Å². The summed E-state index contributed by atoms with van der Waals surface area (Å²) in [4.78, 5) is 22.8. The smallest absolute Gasteiger partial charge is 0.337 e. The molecule has 10 heteroatoms. The Hall–Kier alpha value is -2.26. The second-order valence-corrected chi connectivity index (χ2v) is 5.50. The molecule has 1 heterocycles. The molecule has 22 heavy (non-hydrogen) atoms. The van der Waals surface area contributed by atoms with Crippen LogP contribution < -0.4 is 15.1 Å². The van der Waals surface area contributed by atoms with E-state index in [1.165, 1.54) is 29.9 Å². The standard InChI is InChI=1S/C12H10ClN3O5S/c1-16-10(12(20)21-15-16)22-5-9(17)14-6-2-3-8(13)7(4-6)11(18)19/h2-4H,5H2,1H3,(H2-,14,15,17,18,19,20). The lowest BCUT2D eigenvalue weighted by Gasteiger charge is -2.06. The van der Waals surface area contributed by atoms with Crippen molar-refractivity contribution in [2.45, 2.75) is 5.03 Å². The number of benzene rings is 1. The average Bonchev–Trinajstić information content (AvgIpc) is 2.77. The molecule has 116 valence electrons. The highest BCUT2D eigenvalue weighted by Gasteiger charge is 2.16. The van der Waals surface area contributed by atoms with Gasteiger partial charge in [0.1, 0.15) is 0 Å². The second kappa shape index (κ2) is 6.67. The van der Waals surface area contributed by atoms with Gasteiger partial charge in [0, 0.05) is 5.69 Å². The Morgan fingerprint density at radius 1 is 1.55 bits per heavy atom. The first-order chi connectivity index (χ1) is 10.4. The molecule has 0 fully saturated rings. The molecule has 0 saturated carbocycles. The molecule has 0 atom stereocenters. The molecular weight excluding hydrogens is 334 g/mol. The molecular formula is C12H10ClN3O5S. The van der Waals surface area contributed by atoms with Crippen LogP contribution in [0.1, 0.15) is 10.4 Å². The summed E-state index contributed by atoms with van der Waals surface area (Å²) in [5.41, 5.74) is 0.184. The maximum absolute atomic E-state index is 11.8. The highest BCUT2D eigenvalue weighted by Crippen LogP contribution is 2.23. The van der Waals surface area contributed by atoms with Gasteiger partial charge in [-0.2, -0.15) is 0 Å². The molecule has 0 aliphatic heterocycles. The summed E-state index contributed by atoms with van der Waals surface area (Å²) >= 11 is 6.70. The summed E-state index contributed by atoms with van der Waals surface area (Å²) in [6.45, 7) is 0. The van der Waals surface area contributed by atoms with E-state index in [4.69, 9.17) is 16.7 Å². The van der Waals surface area contributed by atoms with Crippen LogP contribution in [0.4, 0.5) is 5.69 Å². The summed E-state index contributed by atoms with van der Waals surface area (Å²) in [6.07, 6.45) is 0. The fourth-order valence-corrected chi connectivity index (χ4v) is 2.47. The number of hydrogen-bond acceptors (Lipinski definition) is 6. The zero-order chi connectivity index (χ0) is 16.3. The van der Waals surface area contributed by atoms with Crippen molar-refractivity contribution in [2.24, 2.45) is 7.05 Å². The van der Waals surface area contributed by atoms with E-state index in [1.54, 1.807) is 0 Å². The van der Waals surface area contributed by atoms with E-state index in [2.05, 4.69) is 15.1 Å². The molecule has 2 aromatic rings. The van der Waals surface area contributed by atoms with Gasteiger partial charge in [-0.1, -0.05) is 16.3 Å². The van der Waals surface area contributed by atoms with Gasteiger partial charge in [0.15, 0.2) is 13.0 Å². The summed E-state index contributed by atoms with van der Waals surface area (Å²) < 4.78 is 5.65. The van der Waals surface area contributed by atoms with E-state index in [-0.39, 0.29) is 21.4 Å². The SMILES string of the molecule is C[n+]1noc([O-])c1SCC(=O)Nc1ccc(Cl)c(C(=O)O)c1. The number of carbonyl (C=O) groups excluding carboxylic acids is 1. The number of aryl methyl sites for hydroxylation is 1. The third-order valence-corrected chi connectivity index (χ3v) is 3.98. The lowest BCUT2D eigenvalue weighted by molar-refractivity contribution is -0.772. The number of rotatable bonds is 5. The van der Waals surface area contributed by atoms with Crippen LogP contribution in [0.5, 0.6) is 5.95 Å². The van der Waals surface area contributed by atoms with Gasteiger partial charge < -0.3 is 20.1 Å². The minimum atomic E-state index is -1.19. The maximum Gasteiger partial charge on any atom is 0.337 e. The van der Waals surface area contributed by atoms with Gasteiger partial charge in [0.05, 0.1) is 21.6 Å². The van der Waals surface area contributed by atoms with E-state index >= 15 is 0 Å². The monoisotopic (exact) mass is 343 g/mol. The number of thioether (sulfide) groups is 1. The van der Waals surface area contributed by atoms with Crippen molar-refractivity contribution in [2.75, 3.05) is 11.1 Å². The van der Waals surface area contributed by atoms with E-state index < -0.39 is 17.8 Å². The normalized spacial score (nSPS) is 10.5. The number of carboxylic acids is 1. The predicted octanol–water partition coefficient (Wildman–Crippen LogP) is 0.655. The van der Waals surface area contributed by atoms with Crippen molar-refractivity contribution in [3.63, 3.8) is 0 Å². The highest BCUT2D eigenvalue weighted by atomic mass is 35.5. The van der Waals surface area contributed by atoms with E-state index in [1.807, 2.05) is 0 Å². The molecule has 0 saturated heterocycles. The third kappa shape index (κ3) is 3.68. The molecule has 2 rings (SSSR count). The summed E-state index contributed by atoms with van der Waals surface area (Å²) in [5.74, 6) is -2.29. The van der Waals surface area contributed by atoms with Crippen LogP contribution in [0, 0.1) is 0 Å². The predicted molar refractivity (Wildman–Crippen MR) is 74.9 cm³/mol. The molecule has 0 radical (unpaired) electrons. The fourth-order valence-electron chi connectivity index (χ4n) is 1.56. The Labute approximate surface area is 133 Å². The van der Waals surface area contributed by atoms with Gasteiger partial charge >= 0.3 is 5.97 Å². The molecule has 0 aliphatic carbocycles. The van der Waals surface area contributed by atoms with Crippen molar-refractivity contribution in [1.82, 2.24) is 5.27 Å². The van der Waals surface area contributed by atoms with Crippen LogP contribution >= 0.6 is 23.4 Å². The number of nitrogens with zero attached hydrogens (tertiary/aromatic N) is 2. The minimum Gasteiger partial charge on any atom is -0.538 e. The lowest BCUT2D eigenvalue weighted by atomic mass is 10.2. The Balaban J connectivity index is 2.01. The Kier molecular flexibility index (Phi) is 4.88. The molecule has 1 aromatic carbocycles. The van der Waals surface area contributed by atoms with Crippen LogP contribution in [0.3, 0.4) is 0 Å². The molecule has 8 nitrogen and oxygen atoms in total. The van der Waals surface area contributed by atoms with Crippen molar-refractivity contribution in [3.8, 4) is 5.95 Å². The molecule has 0 spiro atoms. The summed E-state index contributed by atoms with van der Waals surface area (Å²) in [7, 11) is 1.52. The van der Waals surface area contributed by atoms with Gasteiger partial charge in [-0.15, -0.1) is 0 Å². The number of anilines is 1. The maximum atomic E-state index is 11.8. The number of carboxylic acid groups (broad SMARTS) is 1. The number of amides is 1. The molecule has 1 aromatic heterocycles. The number of halogens is 1. The van der Waals surface area contributed by atoms with E-state index in [0.717, 1.165) is 11.8 Å². The van der Waals surface area contributed by atoms with Crippen molar-refractivity contribution < 1.29 is 29.0 Å². The van der Waals surface area contributed by atoms with Crippen LogP contribution in [-0.2, 0) is 11.8 Å². The molecule has 2 N–H and O–H groups in total. The van der Waals surface area contributed by atoms with Crippen LogP contribution in [0.2, 0.25) is 5.02 Å². The van der Waals surface area contributed by atoms with Crippen LogP contribution in [0.15, 0.2) is 27.7 Å². The average molecular weight is 344 g/mol. The molecule has 0 unspecified atom stereocenters. The second-order valence-electron chi connectivity index (χ2n) is 4.13. The quantitative estimate of drug-likeness (QED) is 0.604. The number of nitrogens with one attached hydrogen (secondary N) is 1. The number of aromatic carboxylic acids is 1. The van der Waals surface area contributed by atoms with Gasteiger partial charge in [-0.05, 0) is 30.0 Å². The van der Waals surface area contributed by atoms with Gasteiger partial charge in [-0.25, -0.2) is 4.79 Å². The summed E-state index contributed by atoms with van der Waals surface area (Å²) in [5, 5.41) is 26.4. The number of carbonyl (C=O) groups is 2. The Morgan fingerprint density at radius 3 is 2.86 bits per heavy atom. The zero-order valence-corrected chi connectivity index (χ0v) is 12.8. The summed E-state index contributed by atoms with van der Waals surface area (Å²) in [6, 6.07) is 4.12. The van der Waals surface area contributed by atoms with Gasteiger partial charge in [0.25, 0.3) is 5.03 Å². The molecule has 0 aliphatic rings. The molecule has 1 amide bonds. The zero-order valence-electron chi connectivity index (χ0n) is 11.2. The Morgan fingerprint density at radius 2 is 2.27 bits per heavy atom. The molecule has 0 bridgehead atoms. The van der Waals surface area contributed by atoms with Crippen molar-refractivity contribution >= 4 is 40.9 Å². The van der Waals surface area contributed by atoms with Crippen molar-refractivity contribution in [1.29, 1.82) is 0 Å². The highest BCUT2D eigenvalue weighted by molar-refractivity contribution is 7.99. The van der Waals surface area contributed by atoms with Crippen LogP contribution in [-0.4, -0.2) is 28.0 Å². The number of hydrogen-bond donors (Lipinski definition) is 2. The van der Waals surface area contributed by atoms with Gasteiger partial charge in [-0.3, -0.25) is 4.79 Å². The lowest BCUT2D eigenvalue weighted by Crippen LogP contribution is -2.32.